The van der Waals surface area contributed by atoms with Gasteiger partial charge in [0.05, 0.1) is 11.9 Å². The number of nitrogens with two attached hydrogens (primary N) is 1. The van der Waals surface area contributed by atoms with Crippen LogP contribution in [0.5, 0.6) is 0 Å². The van der Waals surface area contributed by atoms with Gasteiger partial charge in [0.25, 0.3) is 0 Å². The minimum Gasteiger partial charge on any atom is -0.379 e. The molecule has 0 radical (unpaired) electrons. The molecule has 0 aliphatic rings. The van der Waals surface area contributed by atoms with Gasteiger partial charge in [-0.05, 0) is 20.3 Å². The molecule has 0 saturated carbocycles. The van der Waals surface area contributed by atoms with E-state index >= 15 is 0 Å². The van der Waals surface area contributed by atoms with E-state index in [2.05, 4.69) is 0 Å². The number of sulfone groups is 1. The smallest absolute Gasteiger partial charge is 0.148 e. The van der Waals surface area contributed by atoms with E-state index in [1.807, 2.05) is 13.8 Å². The Kier molecular flexibility index (Phi) is 5.51. The molecule has 0 aromatic heterocycles. The zero-order chi connectivity index (χ0) is 10.5. The summed E-state index contributed by atoms with van der Waals surface area (Å²) >= 11 is 0. The van der Waals surface area contributed by atoms with E-state index in [0.29, 0.717) is 13.0 Å². The summed E-state index contributed by atoms with van der Waals surface area (Å²) < 4.78 is 26.9. The van der Waals surface area contributed by atoms with E-state index < -0.39 is 9.84 Å². The van der Waals surface area contributed by atoms with Gasteiger partial charge in [0, 0.05) is 18.9 Å². The highest BCUT2D eigenvalue weighted by Gasteiger charge is 2.10. The summed E-state index contributed by atoms with van der Waals surface area (Å²) in [5.41, 5.74) is 5.59. The third-order valence-electron chi connectivity index (χ3n) is 1.46. The van der Waals surface area contributed by atoms with Crippen molar-refractivity contribution < 1.29 is 13.2 Å². The summed E-state index contributed by atoms with van der Waals surface area (Å²) in [5, 5.41) is 0. The monoisotopic (exact) mass is 209 g/mol. The first-order chi connectivity index (χ1) is 5.81. The summed E-state index contributed by atoms with van der Waals surface area (Å²) in [5.74, 6) is 0.0362. The lowest BCUT2D eigenvalue weighted by molar-refractivity contribution is 0.0746. The second-order valence-electron chi connectivity index (χ2n) is 3.56. The van der Waals surface area contributed by atoms with Crippen LogP contribution in [-0.4, -0.2) is 39.2 Å². The number of hydrogen-bond acceptors (Lipinski definition) is 4. The number of ether oxygens (including phenoxy) is 1. The molecule has 0 aromatic carbocycles. The Bertz CT molecular complexity index is 224. The van der Waals surface area contributed by atoms with E-state index in [-0.39, 0.29) is 17.9 Å². The molecule has 0 aromatic rings. The Morgan fingerprint density at radius 3 is 2.31 bits per heavy atom. The molecule has 13 heavy (non-hydrogen) atoms. The first-order valence-electron chi connectivity index (χ1n) is 4.36. The number of hydrogen-bond donors (Lipinski definition) is 1. The average Bonchev–Trinajstić information content (AvgIpc) is 1.81. The highest BCUT2D eigenvalue weighted by Crippen LogP contribution is 1.96. The topological polar surface area (TPSA) is 69.4 Å². The van der Waals surface area contributed by atoms with Gasteiger partial charge in [-0.3, -0.25) is 0 Å². The molecule has 0 bridgehead atoms. The summed E-state index contributed by atoms with van der Waals surface area (Å²) in [7, 11) is -2.95. The van der Waals surface area contributed by atoms with Crippen LogP contribution >= 0.6 is 0 Å². The lowest BCUT2D eigenvalue weighted by Crippen LogP contribution is -2.30. The Morgan fingerprint density at radius 2 is 1.92 bits per heavy atom. The summed E-state index contributed by atoms with van der Waals surface area (Å²) in [6.07, 6.45) is 1.95. The fourth-order valence-electron chi connectivity index (χ4n) is 0.927. The molecule has 0 rings (SSSR count). The number of rotatable bonds is 6. The van der Waals surface area contributed by atoms with Gasteiger partial charge in [-0.25, -0.2) is 8.42 Å². The third kappa shape index (κ3) is 9.79. The molecule has 1 atom stereocenters. The maximum Gasteiger partial charge on any atom is 0.148 e. The van der Waals surface area contributed by atoms with Gasteiger partial charge in [-0.15, -0.1) is 0 Å². The summed E-state index contributed by atoms with van der Waals surface area (Å²) in [4.78, 5) is 0. The Labute approximate surface area is 80.4 Å². The van der Waals surface area contributed by atoms with Gasteiger partial charge < -0.3 is 10.5 Å². The second-order valence-corrected chi connectivity index (χ2v) is 5.75. The molecular weight excluding hydrogens is 190 g/mol. The van der Waals surface area contributed by atoms with Gasteiger partial charge in [0.1, 0.15) is 9.84 Å². The zero-order valence-electron chi connectivity index (χ0n) is 8.49. The minimum atomic E-state index is -2.95. The fraction of sp³-hybridized carbons (Fsp3) is 1.00. The highest BCUT2D eigenvalue weighted by molar-refractivity contribution is 7.90. The summed E-state index contributed by atoms with van der Waals surface area (Å²) in [6.45, 7) is 4.39. The molecular formula is C8H19NO3S. The Balaban J connectivity index is 3.58. The fourth-order valence-corrected chi connectivity index (χ4v) is 1.87. The first kappa shape index (κ1) is 12.9. The molecule has 80 valence electrons. The van der Waals surface area contributed by atoms with Crippen molar-refractivity contribution in [2.75, 3.05) is 18.6 Å². The van der Waals surface area contributed by atoms with Crippen LogP contribution in [0.2, 0.25) is 0 Å². The first-order valence-corrected chi connectivity index (χ1v) is 6.42. The van der Waals surface area contributed by atoms with Crippen LogP contribution in [0.25, 0.3) is 0 Å². The van der Waals surface area contributed by atoms with Crippen LogP contribution in [0.15, 0.2) is 0 Å². The molecule has 0 aliphatic heterocycles. The summed E-state index contributed by atoms with van der Waals surface area (Å²) in [6, 6.07) is -0.311. The maximum absolute atomic E-state index is 10.8. The van der Waals surface area contributed by atoms with Crippen molar-refractivity contribution in [3.8, 4) is 0 Å². The molecule has 0 spiro atoms. The van der Waals surface area contributed by atoms with Gasteiger partial charge in [-0.2, -0.15) is 0 Å². The predicted molar refractivity (Wildman–Crippen MR) is 53.4 cm³/mol. The molecule has 0 saturated heterocycles. The van der Waals surface area contributed by atoms with Crippen LogP contribution in [0.4, 0.5) is 0 Å². The standard InChI is InChI=1S/C8H19NO3S/c1-7(2)12-5-4-8(9)6-13(3,10)11/h7-8H,4-6,9H2,1-3H3. The molecule has 4 nitrogen and oxygen atoms in total. The minimum absolute atomic E-state index is 0.0362. The van der Waals surface area contributed by atoms with E-state index in [1.54, 1.807) is 0 Å². The van der Waals surface area contributed by atoms with Crippen LogP contribution in [0, 0.1) is 0 Å². The predicted octanol–water partition coefficient (Wildman–Crippen LogP) is 0.173. The van der Waals surface area contributed by atoms with E-state index in [0.717, 1.165) is 0 Å². The van der Waals surface area contributed by atoms with Crippen molar-refractivity contribution in [2.24, 2.45) is 5.73 Å². The third-order valence-corrected chi connectivity index (χ3v) is 2.49. The van der Waals surface area contributed by atoms with Gasteiger partial charge in [0.15, 0.2) is 0 Å². The molecule has 0 aliphatic carbocycles. The van der Waals surface area contributed by atoms with Gasteiger partial charge in [-0.1, -0.05) is 0 Å². The van der Waals surface area contributed by atoms with E-state index in [4.69, 9.17) is 10.5 Å². The van der Waals surface area contributed by atoms with Gasteiger partial charge in [0.2, 0.25) is 0 Å². The van der Waals surface area contributed by atoms with Crippen molar-refractivity contribution >= 4 is 9.84 Å². The molecule has 1 unspecified atom stereocenters. The van der Waals surface area contributed by atoms with Crippen LogP contribution < -0.4 is 5.73 Å². The molecule has 2 N–H and O–H groups in total. The maximum atomic E-state index is 10.8. The van der Waals surface area contributed by atoms with Crippen molar-refractivity contribution in [1.82, 2.24) is 0 Å². The van der Waals surface area contributed by atoms with E-state index in [1.165, 1.54) is 6.26 Å². The largest absolute Gasteiger partial charge is 0.379 e. The van der Waals surface area contributed by atoms with Gasteiger partial charge >= 0.3 is 0 Å². The van der Waals surface area contributed by atoms with Crippen LogP contribution in [0.1, 0.15) is 20.3 Å². The SMILES string of the molecule is CC(C)OCCC(N)CS(C)(=O)=O. The van der Waals surface area contributed by atoms with Crippen molar-refractivity contribution in [2.45, 2.75) is 32.4 Å². The van der Waals surface area contributed by atoms with E-state index in [9.17, 15) is 8.42 Å². The molecule has 0 fully saturated rings. The van der Waals surface area contributed by atoms with Crippen LogP contribution in [-0.2, 0) is 14.6 Å². The Morgan fingerprint density at radius 1 is 1.38 bits per heavy atom. The lowest BCUT2D eigenvalue weighted by Gasteiger charge is -2.11. The molecule has 0 amide bonds. The zero-order valence-corrected chi connectivity index (χ0v) is 9.30. The average molecular weight is 209 g/mol. The molecule has 5 heteroatoms. The van der Waals surface area contributed by atoms with Crippen LogP contribution in [0.3, 0.4) is 0 Å². The van der Waals surface area contributed by atoms with Crippen molar-refractivity contribution in [1.29, 1.82) is 0 Å². The van der Waals surface area contributed by atoms with Crippen molar-refractivity contribution in [3.63, 3.8) is 0 Å². The Hall–Kier alpha value is -0.130. The molecule has 0 heterocycles. The second kappa shape index (κ2) is 5.57. The van der Waals surface area contributed by atoms with Crippen molar-refractivity contribution in [3.05, 3.63) is 0 Å². The highest BCUT2D eigenvalue weighted by atomic mass is 32.2. The lowest BCUT2D eigenvalue weighted by atomic mass is 10.3. The normalized spacial score (nSPS) is 14.8. The quantitative estimate of drug-likeness (QED) is 0.677.